The van der Waals surface area contributed by atoms with Crippen LogP contribution in [-0.2, 0) is 11.2 Å². The zero-order valence-corrected chi connectivity index (χ0v) is 9.22. The summed E-state index contributed by atoms with van der Waals surface area (Å²) in [5.41, 5.74) is -0.707. The maximum absolute atomic E-state index is 12.1. The fourth-order valence-electron chi connectivity index (χ4n) is 1.52. The number of carbonyl (C=O) groups is 1. The average Bonchev–Trinajstić information content (AvgIpc) is 2.20. The molecule has 0 amide bonds. The molecule has 6 nitrogen and oxygen atoms in total. The third-order valence-corrected chi connectivity index (χ3v) is 2.17. The van der Waals surface area contributed by atoms with Gasteiger partial charge in [-0.15, -0.1) is 0 Å². The van der Waals surface area contributed by atoms with Gasteiger partial charge in [-0.25, -0.2) is 0 Å². The van der Waals surface area contributed by atoms with Gasteiger partial charge in [-0.1, -0.05) is 0 Å². The van der Waals surface area contributed by atoms with Crippen LogP contribution in [0.3, 0.4) is 0 Å². The predicted molar refractivity (Wildman–Crippen MR) is 55.8 cm³/mol. The molecule has 0 aliphatic rings. The molecule has 1 rings (SSSR count). The minimum atomic E-state index is -3.18. The maximum Gasteiger partial charge on any atom is 0.387 e. The highest BCUT2D eigenvalue weighted by molar-refractivity contribution is 5.74. The van der Waals surface area contributed by atoms with E-state index in [2.05, 4.69) is 4.74 Å². The Bertz CT molecular complexity index is 489. The number of nitro benzene ring substituents is 1. The number of ether oxygens (including phenoxy) is 1. The summed E-state index contributed by atoms with van der Waals surface area (Å²) in [6, 6.07) is 2.31. The third kappa shape index (κ3) is 3.12. The van der Waals surface area contributed by atoms with E-state index in [1.165, 1.54) is 13.0 Å². The summed E-state index contributed by atoms with van der Waals surface area (Å²) in [6.45, 7) is -1.80. The summed E-state index contributed by atoms with van der Waals surface area (Å²) in [7, 11) is 0. The van der Waals surface area contributed by atoms with E-state index in [1.807, 2.05) is 0 Å². The van der Waals surface area contributed by atoms with Gasteiger partial charge >= 0.3 is 12.6 Å². The van der Waals surface area contributed by atoms with Gasteiger partial charge in [0.05, 0.1) is 16.9 Å². The predicted octanol–water partition coefficient (Wildman–Crippen LogP) is 2.13. The number of carboxylic acids is 1. The van der Waals surface area contributed by atoms with Crippen LogP contribution >= 0.6 is 0 Å². The first-order valence-corrected chi connectivity index (χ1v) is 4.76. The van der Waals surface area contributed by atoms with Crippen LogP contribution in [0.2, 0.25) is 0 Å². The van der Waals surface area contributed by atoms with Gasteiger partial charge in [0, 0.05) is 5.56 Å². The highest BCUT2D eigenvalue weighted by atomic mass is 19.3. The molecule has 8 heteroatoms. The summed E-state index contributed by atoms with van der Waals surface area (Å²) in [4.78, 5) is 20.6. The first kappa shape index (κ1) is 13.8. The maximum atomic E-state index is 12.1. The van der Waals surface area contributed by atoms with Crippen molar-refractivity contribution in [2.45, 2.75) is 20.0 Å². The summed E-state index contributed by atoms with van der Waals surface area (Å²) in [5.74, 6) is -1.87. The molecule has 1 aromatic rings. The van der Waals surface area contributed by atoms with Gasteiger partial charge in [0.25, 0.3) is 5.69 Å². The van der Waals surface area contributed by atoms with Crippen molar-refractivity contribution in [3.05, 3.63) is 33.4 Å². The lowest BCUT2D eigenvalue weighted by Crippen LogP contribution is -2.10. The van der Waals surface area contributed by atoms with Crippen molar-refractivity contribution in [3.63, 3.8) is 0 Å². The number of hydrogen-bond acceptors (Lipinski definition) is 4. The van der Waals surface area contributed by atoms with Crippen molar-refractivity contribution >= 4 is 11.7 Å². The molecule has 0 saturated heterocycles. The lowest BCUT2D eigenvalue weighted by Gasteiger charge is -2.11. The number of rotatable bonds is 5. The van der Waals surface area contributed by atoms with E-state index in [0.29, 0.717) is 0 Å². The topological polar surface area (TPSA) is 89.7 Å². The van der Waals surface area contributed by atoms with Crippen LogP contribution in [0.1, 0.15) is 11.1 Å². The van der Waals surface area contributed by atoms with Crippen molar-refractivity contribution < 1.29 is 28.3 Å². The molecule has 0 radical (unpaired) electrons. The first-order chi connectivity index (χ1) is 8.32. The molecule has 0 atom stereocenters. The van der Waals surface area contributed by atoms with Crippen molar-refractivity contribution in [2.75, 3.05) is 0 Å². The fourth-order valence-corrected chi connectivity index (χ4v) is 1.52. The average molecular weight is 261 g/mol. The van der Waals surface area contributed by atoms with Gasteiger partial charge in [-0.3, -0.25) is 14.9 Å². The molecule has 0 aliphatic heterocycles. The molecule has 1 aromatic carbocycles. The molecule has 18 heavy (non-hydrogen) atoms. The van der Waals surface area contributed by atoms with Gasteiger partial charge in [-0.05, 0) is 19.1 Å². The van der Waals surface area contributed by atoms with E-state index < -0.39 is 35.4 Å². The Morgan fingerprint density at radius 3 is 2.61 bits per heavy atom. The number of nitro groups is 1. The minimum absolute atomic E-state index is 0.179. The van der Waals surface area contributed by atoms with E-state index >= 15 is 0 Å². The Morgan fingerprint density at radius 2 is 2.17 bits per heavy atom. The number of alkyl halides is 2. The van der Waals surface area contributed by atoms with Crippen LogP contribution in [0, 0.1) is 17.0 Å². The third-order valence-electron chi connectivity index (χ3n) is 2.17. The van der Waals surface area contributed by atoms with E-state index in [1.54, 1.807) is 0 Å². The number of halogens is 2. The Labute approximate surface area is 99.9 Å². The standard InChI is InChI=1S/C10H9F2NO5/c1-5-2-3-7(18-10(11)12)6(4-8(14)15)9(5)13(16)17/h2-3,10H,4H2,1H3,(H,14,15). The van der Waals surface area contributed by atoms with Crippen LogP contribution in [0.5, 0.6) is 5.75 Å². The molecular formula is C10H9F2NO5. The molecule has 0 bridgehead atoms. The molecule has 0 heterocycles. The van der Waals surface area contributed by atoms with Gasteiger partial charge in [0.2, 0.25) is 0 Å². The van der Waals surface area contributed by atoms with Crippen molar-refractivity contribution in [1.82, 2.24) is 0 Å². The smallest absolute Gasteiger partial charge is 0.387 e. The van der Waals surface area contributed by atoms with E-state index in [9.17, 15) is 23.7 Å². The number of aliphatic carboxylic acids is 1. The summed E-state index contributed by atoms with van der Waals surface area (Å²) in [6.07, 6.45) is -0.764. The van der Waals surface area contributed by atoms with Crippen molar-refractivity contribution in [2.24, 2.45) is 0 Å². The van der Waals surface area contributed by atoms with Gasteiger partial charge in [0.15, 0.2) is 0 Å². The van der Waals surface area contributed by atoms with Crippen molar-refractivity contribution in [1.29, 1.82) is 0 Å². The van der Waals surface area contributed by atoms with Crippen LogP contribution in [0.4, 0.5) is 14.5 Å². The Morgan fingerprint density at radius 1 is 1.56 bits per heavy atom. The molecule has 0 saturated carbocycles. The van der Waals surface area contributed by atoms with Gasteiger partial charge < -0.3 is 9.84 Å². The number of aryl methyl sites for hydroxylation is 1. The van der Waals surface area contributed by atoms with E-state index in [-0.39, 0.29) is 11.1 Å². The lowest BCUT2D eigenvalue weighted by atomic mass is 10.0. The number of benzene rings is 1. The second-order valence-electron chi connectivity index (χ2n) is 3.41. The molecule has 0 aliphatic carbocycles. The second kappa shape index (κ2) is 5.39. The Balaban J connectivity index is 3.38. The van der Waals surface area contributed by atoms with Crippen LogP contribution in [0.15, 0.2) is 12.1 Å². The largest absolute Gasteiger partial charge is 0.481 e. The molecule has 0 unspecified atom stereocenters. The molecule has 0 spiro atoms. The molecular weight excluding hydrogens is 252 g/mol. The van der Waals surface area contributed by atoms with Crippen molar-refractivity contribution in [3.8, 4) is 5.75 Å². The van der Waals surface area contributed by atoms with Crippen LogP contribution < -0.4 is 4.74 Å². The Hall–Kier alpha value is -2.25. The lowest BCUT2D eigenvalue weighted by molar-refractivity contribution is -0.386. The van der Waals surface area contributed by atoms with E-state index in [0.717, 1.165) is 6.07 Å². The number of hydrogen-bond donors (Lipinski definition) is 1. The fraction of sp³-hybridized carbons (Fsp3) is 0.300. The minimum Gasteiger partial charge on any atom is -0.481 e. The number of nitrogens with zero attached hydrogens (tertiary/aromatic N) is 1. The zero-order chi connectivity index (χ0) is 13.9. The summed E-state index contributed by atoms with van der Waals surface area (Å²) in [5, 5.41) is 19.5. The highest BCUT2D eigenvalue weighted by Gasteiger charge is 2.25. The first-order valence-electron chi connectivity index (χ1n) is 4.76. The quantitative estimate of drug-likeness (QED) is 0.647. The highest BCUT2D eigenvalue weighted by Crippen LogP contribution is 2.33. The zero-order valence-electron chi connectivity index (χ0n) is 9.22. The van der Waals surface area contributed by atoms with Gasteiger partial charge in [0.1, 0.15) is 5.75 Å². The van der Waals surface area contributed by atoms with Crippen LogP contribution in [0.25, 0.3) is 0 Å². The summed E-state index contributed by atoms with van der Waals surface area (Å²) < 4.78 is 28.4. The SMILES string of the molecule is Cc1ccc(OC(F)F)c(CC(=O)O)c1[N+](=O)[O-]. The second-order valence-corrected chi connectivity index (χ2v) is 3.41. The molecule has 0 aromatic heterocycles. The summed E-state index contributed by atoms with van der Waals surface area (Å²) >= 11 is 0. The molecule has 1 N–H and O–H groups in total. The normalized spacial score (nSPS) is 10.4. The molecule has 98 valence electrons. The monoisotopic (exact) mass is 261 g/mol. The van der Waals surface area contributed by atoms with E-state index in [4.69, 9.17) is 5.11 Å². The molecule has 0 fully saturated rings. The Kier molecular flexibility index (Phi) is 4.13. The van der Waals surface area contributed by atoms with Crippen LogP contribution in [-0.4, -0.2) is 22.6 Å². The van der Waals surface area contributed by atoms with Gasteiger partial charge in [-0.2, -0.15) is 8.78 Å². The number of carboxylic acid groups (broad SMARTS) is 1.